The van der Waals surface area contributed by atoms with E-state index in [9.17, 15) is 0 Å². The van der Waals surface area contributed by atoms with E-state index in [2.05, 4.69) is 44.7 Å². The Kier molecular flexibility index (Phi) is 6.10. The normalized spacial score (nSPS) is 15.2. The SMILES string of the molecule is C=C1Cc2ccccc2C1(C)C.CC.CC. The molecule has 0 heteroatoms. The molecule has 1 aromatic carbocycles. The summed E-state index contributed by atoms with van der Waals surface area (Å²) in [7, 11) is 0. The lowest BCUT2D eigenvalue weighted by molar-refractivity contribution is 0.647. The Bertz CT molecular complexity index is 332. The number of fused-ring (bicyclic) bond motifs is 1. The molecule has 0 aromatic heterocycles. The molecular formula is C16H26. The smallest absolute Gasteiger partial charge is 0.0109 e. The van der Waals surface area contributed by atoms with Crippen LogP contribution in [0.5, 0.6) is 0 Å². The third kappa shape index (κ3) is 2.75. The van der Waals surface area contributed by atoms with Gasteiger partial charge in [-0.2, -0.15) is 0 Å². The average Bonchev–Trinajstić information content (AvgIpc) is 2.56. The summed E-state index contributed by atoms with van der Waals surface area (Å²) in [5.41, 5.74) is 4.43. The van der Waals surface area contributed by atoms with E-state index in [0.29, 0.717) is 0 Å². The summed E-state index contributed by atoms with van der Waals surface area (Å²) >= 11 is 0. The molecule has 0 aliphatic heterocycles. The molecule has 0 N–H and O–H groups in total. The molecule has 0 nitrogen and oxygen atoms in total. The molecule has 1 aliphatic rings. The van der Waals surface area contributed by atoms with E-state index in [1.165, 1.54) is 16.7 Å². The van der Waals surface area contributed by atoms with E-state index in [1.807, 2.05) is 27.7 Å². The van der Waals surface area contributed by atoms with Crippen molar-refractivity contribution in [1.29, 1.82) is 0 Å². The predicted molar refractivity (Wildman–Crippen MR) is 75.0 cm³/mol. The highest BCUT2D eigenvalue weighted by Gasteiger charge is 2.32. The van der Waals surface area contributed by atoms with Gasteiger partial charge in [0.1, 0.15) is 0 Å². The van der Waals surface area contributed by atoms with Crippen molar-refractivity contribution in [2.45, 2.75) is 53.4 Å². The molecular weight excluding hydrogens is 192 g/mol. The maximum Gasteiger partial charge on any atom is 0.0109 e. The second kappa shape index (κ2) is 6.52. The highest BCUT2D eigenvalue weighted by atomic mass is 14.4. The fraction of sp³-hybridized carbons (Fsp3) is 0.500. The molecule has 0 unspecified atom stereocenters. The topological polar surface area (TPSA) is 0 Å². The number of hydrogen-bond donors (Lipinski definition) is 0. The molecule has 0 bridgehead atoms. The number of rotatable bonds is 0. The Morgan fingerprint density at radius 2 is 1.50 bits per heavy atom. The Hall–Kier alpha value is -1.04. The fourth-order valence-corrected chi connectivity index (χ4v) is 1.93. The Labute approximate surface area is 101 Å². The van der Waals surface area contributed by atoms with Gasteiger partial charge in [0.05, 0.1) is 0 Å². The molecule has 1 aliphatic carbocycles. The van der Waals surface area contributed by atoms with Crippen molar-refractivity contribution < 1.29 is 0 Å². The molecule has 0 saturated carbocycles. The minimum atomic E-state index is 0.191. The van der Waals surface area contributed by atoms with Crippen LogP contribution in [0.25, 0.3) is 0 Å². The maximum atomic E-state index is 4.12. The van der Waals surface area contributed by atoms with E-state index >= 15 is 0 Å². The summed E-state index contributed by atoms with van der Waals surface area (Å²) < 4.78 is 0. The van der Waals surface area contributed by atoms with Gasteiger partial charge in [-0.1, -0.05) is 78.0 Å². The van der Waals surface area contributed by atoms with Gasteiger partial charge in [-0.25, -0.2) is 0 Å². The van der Waals surface area contributed by atoms with Gasteiger partial charge in [0.25, 0.3) is 0 Å². The van der Waals surface area contributed by atoms with Gasteiger partial charge in [-0.15, -0.1) is 0 Å². The maximum absolute atomic E-state index is 4.12. The first kappa shape index (κ1) is 15.0. The quantitative estimate of drug-likeness (QED) is 0.530. The van der Waals surface area contributed by atoms with Gasteiger partial charge in [0, 0.05) is 5.41 Å². The number of hydrogen-bond acceptors (Lipinski definition) is 0. The van der Waals surface area contributed by atoms with E-state index in [0.717, 1.165) is 6.42 Å². The number of allylic oxidation sites excluding steroid dienone is 1. The zero-order chi connectivity index (χ0) is 12.8. The zero-order valence-corrected chi connectivity index (χ0v) is 11.7. The van der Waals surface area contributed by atoms with Crippen molar-refractivity contribution >= 4 is 0 Å². The second-order valence-electron chi connectivity index (χ2n) is 4.06. The largest absolute Gasteiger partial charge is 0.0986 e. The van der Waals surface area contributed by atoms with Crippen LogP contribution in [0.4, 0.5) is 0 Å². The minimum absolute atomic E-state index is 0.191. The molecule has 2 rings (SSSR count). The van der Waals surface area contributed by atoms with Crippen LogP contribution in [-0.2, 0) is 11.8 Å². The van der Waals surface area contributed by atoms with Crippen LogP contribution in [0, 0.1) is 0 Å². The van der Waals surface area contributed by atoms with E-state index < -0.39 is 0 Å². The van der Waals surface area contributed by atoms with Crippen molar-refractivity contribution in [3.63, 3.8) is 0 Å². The van der Waals surface area contributed by atoms with Crippen LogP contribution in [-0.4, -0.2) is 0 Å². The van der Waals surface area contributed by atoms with E-state index in [4.69, 9.17) is 0 Å². The highest BCUT2D eigenvalue weighted by Crippen LogP contribution is 2.41. The third-order valence-electron chi connectivity index (χ3n) is 2.98. The van der Waals surface area contributed by atoms with Crippen LogP contribution >= 0.6 is 0 Å². The van der Waals surface area contributed by atoms with E-state index in [-0.39, 0.29) is 5.41 Å². The first-order chi connectivity index (χ1) is 7.62. The van der Waals surface area contributed by atoms with Crippen molar-refractivity contribution in [1.82, 2.24) is 0 Å². The first-order valence-electron chi connectivity index (χ1n) is 6.39. The molecule has 16 heavy (non-hydrogen) atoms. The van der Waals surface area contributed by atoms with Crippen molar-refractivity contribution in [2.75, 3.05) is 0 Å². The molecule has 0 fully saturated rings. The molecule has 0 amide bonds. The standard InChI is InChI=1S/C12H14.2C2H6/c1-9-8-10-6-4-5-7-11(10)12(9,2)3;2*1-2/h4-7H,1,8H2,2-3H3;2*1-2H3. The molecule has 0 radical (unpaired) electrons. The van der Waals surface area contributed by atoms with Gasteiger partial charge < -0.3 is 0 Å². The Morgan fingerprint density at radius 1 is 1.00 bits per heavy atom. The van der Waals surface area contributed by atoms with Gasteiger partial charge in [-0.3, -0.25) is 0 Å². The van der Waals surface area contributed by atoms with Crippen LogP contribution in [0.3, 0.4) is 0 Å². The lowest BCUT2D eigenvalue weighted by Crippen LogP contribution is -2.14. The summed E-state index contributed by atoms with van der Waals surface area (Å²) in [6.45, 7) is 16.6. The molecule has 0 spiro atoms. The molecule has 0 saturated heterocycles. The Morgan fingerprint density at radius 3 is 2.00 bits per heavy atom. The van der Waals surface area contributed by atoms with Crippen molar-refractivity contribution in [3.05, 3.63) is 47.5 Å². The van der Waals surface area contributed by atoms with Crippen LogP contribution < -0.4 is 0 Å². The van der Waals surface area contributed by atoms with Gasteiger partial charge in [0.2, 0.25) is 0 Å². The molecule has 1 aromatic rings. The number of benzene rings is 1. The average molecular weight is 218 g/mol. The van der Waals surface area contributed by atoms with Gasteiger partial charge in [-0.05, 0) is 17.5 Å². The van der Waals surface area contributed by atoms with Crippen molar-refractivity contribution in [2.24, 2.45) is 0 Å². The first-order valence-corrected chi connectivity index (χ1v) is 6.39. The summed E-state index contributed by atoms with van der Waals surface area (Å²) in [6, 6.07) is 8.63. The lowest BCUT2D eigenvalue weighted by Gasteiger charge is -2.20. The van der Waals surface area contributed by atoms with Gasteiger partial charge in [0.15, 0.2) is 0 Å². The minimum Gasteiger partial charge on any atom is -0.0986 e. The summed E-state index contributed by atoms with van der Waals surface area (Å²) in [5.74, 6) is 0. The van der Waals surface area contributed by atoms with E-state index in [1.54, 1.807) is 0 Å². The van der Waals surface area contributed by atoms with Crippen LogP contribution in [0.15, 0.2) is 36.4 Å². The summed E-state index contributed by atoms with van der Waals surface area (Å²) in [6.07, 6.45) is 1.06. The summed E-state index contributed by atoms with van der Waals surface area (Å²) in [4.78, 5) is 0. The predicted octanol–water partition coefficient (Wildman–Crippen LogP) is 5.13. The second-order valence-corrected chi connectivity index (χ2v) is 4.06. The molecule has 0 heterocycles. The monoisotopic (exact) mass is 218 g/mol. The van der Waals surface area contributed by atoms with Crippen molar-refractivity contribution in [3.8, 4) is 0 Å². The van der Waals surface area contributed by atoms with Crippen LogP contribution in [0.2, 0.25) is 0 Å². The molecule has 0 atom stereocenters. The van der Waals surface area contributed by atoms with Crippen LogP contribution in [0.1, 0.15) is 52.7 Å². The van der Waals surface area contributed by atoms with Gasteiger partial charge >= 0.3 is 0 Å². The third-order valence-corrected chi connectivity index (χ3v) is 2.98. The molecule has 90 valence electrons. The fourth-order valence-electron chi connectivity index (χ4n) is 1.93. The zero-order valence-electron chi connectivity index (χ0n) is 11.7. The Balaban J connectivity index is 0.000000509. The summed E-state index contributed by atoms with van der Waals surface area (Å²) in [5, 5.41) is 0. The highest BCUT2D eigenvalue weighted by molar-refractivity contribution is 5.48. The lowest BCUT2D eigenvalue weighted by atomic mass is 9.84.